The van der Waals surface area contributed by atoms with Gasteiger partial charge in [-0.3, -0.25) is 0 Å². The van der Waals surface area contributed by atoms with Gasteiger partial charge >= 0.3 is 0 Å². The number of fused-ring (bicyclic) bond motifs is 1. The molecule has 3 unspecified atom stereocenters. The van der Waals surface area contributed by atoms with Crippen LogP contribution in [-0.4, -0.2) is 0 Å². The van der Waals surface area contributed by atoms with E-state index in [2.05, 4.69) is 27.7 Å². The van der Waals surface area contributed by atoms with Crippen LogP contribution in [0.3, 0.4) is 0 Å². The van der Waals surface area contributed by atoms with Crippen molar-refractivity contribution in [1.29, 1.82) is 0 Å². The molecule has 2 rings (SSSR count). The smallest absolute Gasteiger partial charge is 0.00521 e. The molecule has 0 aromatic rings. The monoisotopic (exact) mass is 150 g/mol. The van der Waals surface area contributed by atoms with E-state index in [9.17, 15) is 0 Å². The second-order valence-corrected chi connectivity index (χ2v) is 4.36. The van der Waals surface area contributed by atoms with Crippen LogP contribution >= 0.6 is 0 Å². The average Bonchev–Trinajstić information content (AvgIpc) is 2.58. The Bertz CT molecular complexity index is 224. The zero-order valence-corrected chi connectivity index (χ0v) is 8.07. The number of rotatable bonds is 2. The van der Waals surface area contributed by atoms with Crippen LogP contribution in [0.2, 0.25) is 0 Å². The molecule has 0 amide bonds. The summed E-state index contributed by atoms with van der Waals surface area (Å²) in [5, 5.41) is 0. The van der Waals surface area contributed by atoms with Crippen LogP contribution in [0.1, 0.15) is 40.5 Å². The van der Waals surface area contributed by atoms with Gasteiger partial charge in [0.2, 0.25) is 0 Å². The van der Waals surface area contributed by atoms with Gasteiger partial charge in [-0.25, -0.2) is 0 Å². The van der Waals surface area contributed by atoms with Gasteiger partial charge in [-0.15, -0.1) is 0 Å². The summed E-state index contributed by atoms with van der Waals surface area (Å²) in [5.74, 6) is 1.95. The van der Waals surface area contributed by atoms with Crippen molar-refractivity contribution in [2.24, 2.45) is 17.3 Å². The van der Waals surface area contributed by atoms with Crippen LogP contribution in [0.4, 0.5) is 0 Å². The molecule has 0 aromatic heterocycles. The van der Waals surface area contributed by atoms with E-state index in [1.165, 1.54) is 12.8 Å². The van der Waals surface area contributed by atoms with Crippen LogP contribution < -0.4 is 0 Å². The molecule has 0 bridgehead atoms. The lowest BCUT2D eigenvalue weighted by Crippen LogP contribution is -2.38. The minimum Gasteiger partial charge on any atom is -0.0654 e. The molecule has 0 spiro atoms. The molecule has 2 aliphatic carbocycles. The Hall–Kier alpha value is -0.260. The van der Waals surface area contributed by atoms with E-state index < -0.39 is 0 Å². The summed E-state index contributed by atoms with van der Waals surface area (Å²) in [6.07, 6.45) is 2.71. The lowest BCUT2D eigenvalue weighted by molar-refractivity contribution is 0.126. The SMILES string of the molecule is CCC1C2C(C)=C2C1(C)CC. The van der Waals surface area contributed by atoms with E-state index >= 15 is 0 Å². The highest BCUT2D eigenvalue weighted by Gasteiger charge is 2.62. The molecule has 11 heavy (non-hydrogen) atoms. The Balaban J connectivity index is 2.20. The fraction of sp³-hybridized carbons (Fsp3) is 0.818. The first-order chi connectivity index (χ1) is 5.16. The van der Waals surface area contributed by atoms with Gasteiger partial charge in [0.15, 0.2) is 0 Å². The highest BCUT2D eigenvalue weighted by molar-refractivity contribution is 5.54. The summed E-state index contributed by atoms with van der Waals surface area (Å²) in [5.41, 5.74) is 4.15. The predicted octanol–water partition coefficient (Wildman–Crippen LogP) is 3.39. The first kappa shape index (κ1) is 7.39. The van der Waals surface area contributed by atoms with Crippen LogP contribution in [-0.2, 0) is 0 Å². The Labute approximate surface area is 69.7 Å². The standard InChI is InChI=1S/C11H18/c1-5-8-9-7(3)10(9)11(8,4)6-2/h8-9H,5-6H2,1-4H3. The second-order valence-electron chi connectivity index (χ2n) is 4.36. The molecule has 0 nitrogen and oxygen atoms in total. The molecular weight excluding hydrogens is 132 g/mol. The van der Waals surface area contributed by atoms with Gasteiger partial charge in [0.1, 0.15) is 0 Å². The fourth-order valence-corrected chi connectivity index (χ4v) is 3.27. The van der Waals surface area contributed by atoms with Crippen molar-refractivity contribution < 1.29 is 0 Å². The van der Waals surface area contributed by atoms with Gasteiger partial charge in [0.25, 0.3) is 0 Å². The highest BCUT2D eigenvalue weighted by atomic mass is 14.7. The molecule has 1 fully saturated rings. The van der Waals surface area contributed by atoms with E-state index in [1.54, 1.807) is 5.57 Å². The van der Waals surface area contributed by atoms with Crippen molar-refractivity contribution in [3.8, 4) is 0 Å². The summed E-state index contributed by atoms with van der Waals surface area (Å²) in [6, 6.07) is 0. The Morgan fingerprint density at radius 2 is 2.00 bits per heavy atom. The van der Waals surface area contributed by atoms with Crippen molar-refractivity contribution in [3.63, 3.8) is 0 Å². The lowest BCUT2D eigenvalue weighted by atomic mass is 9.58. The van der Waals surface area contributed by atoms with E-state index in [4.69, 9.17) is 0 Å². The Morgan fingerprint density at radius 1 is 1.36 bits per heavy atom. The molecule has 2 aliphatic rings. The third-order valence-electron chi connectivity index (χ3n) is 4.13. The highest BCUT2D eigenvalue weighted by Crippen LogP contribution is 2.71. The molecule has 0 heterocycles. The van der Waals surface area contributed by atoms with Gasteiger partial charge < -0.3 is 0 Å². The van der Waals surface area contributed by atoms with Crippen molar-refractivity contribution in [2.75, 3.05) is 0 Å². The maximum absolute atomic E-state index is 2.45. The number of hydrogen-bond donors (Lipinski definition) is 0. The molecule has 0 N–H and O–H groups in total. The van der Waals surface area contributed by atoms with E-state index in [-0.39, 0.29) is 0 Å². The molecular formula is C11H18. The van der Waals surface area contributed by atoms with Gasteiger partial charge in [-0.2, -0.15) is 0 Å². The van der Waals surface area contributed by atoms with E-state index in [1.807, 2.05) is 5.57 Å². The van der Waals surface area contributed by atoms with E-state index in [0.29, 0.717) is 5.41 Å². The summed E-state index contributed by atoms with van der Waals surface area (Å²) in [4.78, 5) is 0. The Morgan fingerprint density at radius 3 is 2.36 bits per heavy atom. The van der Waals surface area contributed by atoms with Gasteiger partial charge in [0.05, 0.1) is 0 Å². The third-order valence-corrected chi connectivity index (χ3v) is 4.13. The molecule has 0 saturated heterocycles. The van der Waals surface area contributed by atoms with E-state index in [0.717, 1.165) is 11.8 Å². The molecule has 0 radical (unpaired) electrons. The predicted molar refractivity (Wildman–Crippen MR) is 48.4 cm³/mol. The molecule has 0 aromatic carbocycles. The largest absolute Gasteiger partial charge is 0.0654 e. The third kappa shape index (κ3) is 0.617. The van der Waals surface area contributed by atoms with Crippen molar-refractivity contribution in [1.82, 2.24) is 0 Å². The Kier molecular flexibility index (Phi) is 1.28. The van der Waals surface area contributed by atoms with Crippen LogP contribution in [0.15, 0.2) is 11.1 Å². The van der Waals surface area contributed by atoms with Crippen LogP contribution in [0.5, 0.6) is 0 Å². The minimum atomic E-state index is 0.615. The quantitative estimate of drug-likeness (QED) is 0.529. The number of hydrogen-bond acceptors (Lipinski definition) is 0. The fourth-order valence-electron chi connectivity index (χ4n) is 3.27. The first-order valence-corrected chi connectivity index (χ1v) is 4.88. The molecule has 1 saturated carbocycles. The summed E-state index contributed by atoms with van der Waals surface area (Å²) in [7, 11) is 0. The lowest BCUT2D eigenvalue weighted by Gasteiger charge is -2.45. The van der Waals surface area contributed by atoms with Gasteiger partial charge in [-0.1, -0.05) is 38.3 Å². The minimum absolute atomic E-state index is 0.615. The number of allylic oxidation sites excluding steroid dienone is 2. The van der Waals surface area contributed by atoms with Crippen LogP contribution in [0, 0.1) is 17.3 Å². The molecule has 62 valence electrons. The maximum atomic E-state index is 2.45. The second kappa shape index (κ2) is 1.91. The van der Waals surface area contributed by atoms with Gasteiger partial charge in [-0.05, 0) is 24.7 Å². The average molecular weight is 150 g/mol. The summed E-state index contributed by atoms with van der Waals surface area (Å²) in [6.45, 7) is 9.44. The van der Waals surface area contributed by atoms with Crippen LogP contribution in [0.25, 0.3) is 0 Å². The normalized spacial score (nSPS) is 46.9. The molecule has 0 aliphatic heterocycles. The van der Waals surface area contributed by atoms with Crippen molar-refractivity contribution in [2.45, 2.75) is 40.5 Å². The molecule has 3 atom stereocenters. The van der Waals surface area contributed by atoms with Crippen molar-refractivity contribution in [3.05, 3.63) is 11.1 Å². The first-order valence-electron chi connectivity index (χ1n) is 4.88. The zero-order chi connectivity index (χ0) is 8.22. The molecule has 0 heteroatoms. The zero-order valence-electron chi connectivity index (χ0n) is 8.07. The summed E-state index contributed by atoms with van der Waals surface area (Å²) < 4.78 is 0. The topological polar surface area (TPSA) is 0 Å². The summed E-state index contributed by atoms with van der Waals surface area (Å²) >= 11 is 0. The van der Waals surface area contributed by atoms with Crippen molar-refractivity contribution >= 4 is 0 Å². The van der Waals surface area contributed by atoms with Gasteiger partial charge in [0, 0.05) is 5.92 Å². The maximum Gasteiger partial charge on any atom is 0.00521 e.